The molecule has 2 nitrogen and oxygen atoms in total. The second-order valence-electron chi connectivity index (χ2n) is 3.06. The van der Waals surface area contributed by atoms with Crippen molar-refractivity contribution in [2.45, 2.75) is 26.3 Å². The molecule has 0 aliphatic heterocycles. The average molecular weight is 197 g/mol. The molecule has 0 aliphatic rings. The molecule has 0 amide bonds. The van der Waals surface area contributed by atoms with Gasteiger partial charge in [0.1, 0.15) is 5.82 Å². The Morgan fingerprint density at radius 1 is 1.29 bits per heavy atom. The van der Waals surface area contributed by atoms with Crippen LogP contribution in [0, 0.1) is 5.82 Å². The first-order chi connectivity index (χ1) is 6.77. The van der Waals surface area contributed by atoms with Gasteiger partial charge in [-0.2, -0.15) is 5.48 Å². The zero-order chi connectivity index (χ0) is 10.4. The first kappa shape index (κ1) is 11.1. The number of halogens is 1. The summed E-state index contributed by atoms with van der Waals surface area (Å²) in [6, 6.07) is 6.61. The van der Waals surface area contributed by atoms with E-state index in [9.17, 15) is 4.39 Å². The van der Waals surface area contributed by atoms with Gasteiger partial charge in [0, 0.05) is 0 Å². The van der Waals surface area contributed by atoms with Crippen molar-refractivity contribution in [2.75, 3.05) is 6.61 Å². The van der Waals surface area contributed by atoms with Gasteiger partial charge in [-0.05, 0) is 31.0 Å². The fourth-order valence-corrected chi connectivity index (χ4v) is 1.27. The highest BCUT2D eigenvalue weighted by molar-refractivity contribution is 5.19. The largest absolute Gasteiger partial charge is 0.302 e. The van der Waals surface area contributed by atoms with Crippen LogP contribution in [0.25, 0.3) is 0 Å². The van der Waals surface area contributed by atoms with Gasteiger partial charge in [-0.1, -0.05) is 19.1 Å². The van der Waals surface area contributed by atoms with E-state index in [4.69, 9.17) is 4.84 Å². The quantitative estimate of drug-likeness (QED) is 0.733. The first-order valence-corrected chi connectivity index (χ1v) is 4.90. The zero-order valence-electron chi connectivity index (χ0n) is 8.59. The molecule has 0 aliphatic carbocycles. The summed E-state index contributed by atoms with van der Waals surface area (Å²) in [7, 11) is 0. The third-order valence-electron chi connectivity index (χ3n) is 2.05. The Hall–Kier alpha value is -0.930. The molecular formula is C11H16FNO. The van der Waals surface area contributed by atoms with Crippen LogP contribution in [0.1, 0.15) is 31.9 Å². The molecular weight excluding hydrogens is 181 g/mol. The monoisotopic (exact) mass is 197 g/mol. The topological polar surface area (TPSA) is 21.3 Å². The summed E-state index contributed by atoms with van der Waals surface area (Å²) in [5.41, 5.74) is 3.98. The normalized spacial score (nSPS) is 12.8. The van der Waals surface area contributed by atoms with Gasteiger partial charge in [0.2, 0.25) is 0 Å². The summed E-state index contributed by atoms with van der Waals surface area (Å²) in [5.74, 6) is -0.208. The van der Waals surface area contributed by atoms with E-state index in [1.807, 2.05) is 6.92 Å². The van der Waals surface area contributed by atoms with Crippen LogP contribution < -0.4 is 5.48 Å². The molecule has 0 heterocycles. The lowest BCUT2D eigenvalue weighted by atomic mass is 10.1. The summed E-state index contributed by atoms with van der Waals surface area (Å²) in [6.45, 7) is 4.60. The first-order valence-electron chi connectivity index (χ1n) is 4.90. The zero-order valence-corrected chi connectivity index (χ0v) is 8.59. The molecule has 0 aromatic heterocycles. The molecule has 1 atom stereocenters. The smallest absolute Gasteiger partial charge is 0.123 e. The lowest BCUT2D eigenvalue weighted by molar-refractivity contribution is 0.0230. The van der Waals surface area contributed by atoms with Gasteiger partial charge in [-0.3, -0.25) is 0 Å². The Morgan fingerprint density at radius 2 is 1.93 bits per heavy atom. The highest BCUT2D eigenvalue weighted by Crippen LogP contribution is 2.16. The van der Waals surface area contributed by atoms with E-state index in [2.05, 4.69) is 12.4 Å². The van der Waals surface area contributed by atoms with Crippen LogP contribution in [0.15, 0.2) is 24.3 Å². The van der Waals surface area contributed by atoms with Gasteiger partial charge in [0.25, 0.3) is 0 Å². The standard InChI is InChI=1S/C11H16FNO/c1-3-11(13-14-4-2)9-5-7-10(12)8-6-9/h5-8,11,13H,3-4H2,1-2H3. The van der Waals surface area contributed by atoms with Crippen molar-refractivity contribution < 1.29 is 9.23 Å². The van der Waals surface area contributed by atoms with Gasteiger partial charge in [-0.25, -0.2) is 4.39 Å². The number of nitrogens with one attached hydrogen (secondary N) is 1. The maximum atomic E-state index is 12.7. The van der Waals surface area contributed by atoms with Crippen LogP contribution in [-0.2, 0) is 4.84 Å². The van der Waals surface area contributed by atoms with Crippen LogP contribution in [0.3, 0.4) is 0 Å². The van der Waals surface area contributed by atoms with Gasteiger partial charge in [-0.15, -0.1) is 0 Å². The predicted molar refractivity (Wildman–Crippen MR) is 54.2 cm³/mol. The van der Waals surface area contributed by atoms with Crippen LogP contribution in [-0.4, -0.2) is 6.61 Å². The summed E-state index contributed by atoms with van der Waals surface area (Å²) in [6.07, 6.45) is 0.908. The van der Waals surface area contributed by atoms with Crippen molar-refractivity contribution >= 4 is 0 Å². The van der Waals surface area contributed by atoms with Gasteiger partial charge >= 0.3 is 0 Å². The van der Waals surface area contributed by atoms with Crippen molar-refractivity contribution in [1.29, 1.82) is 0 Å². The summed E-state index contributed by atoms with van der Waals surface area (Å²) < 4.78 is 12.7. The summed E-state index contributed by atoms with van der Waals surface area (Å²) in [5, 5.41) is 0. The molecule has 1 rings (SSSR count). The highest BCUT2D eigenvalue weighted by atomic mass is 19.1. The summed E-state index contributed by atoms with van der Waals surface area (Å²) >= 11 is 0. The predicted octanol–water partition coefficient (Wildman–Crippen LogP) is 2.82. The number of hydroxylamine groups is 1. The van der Waals surface area contributed by atoms with Crippen molar-refractivity contribution in [3.8, 4) is 0 Å². The molecule has 1 aromatic rings. The van der Waals surface area contributed by atoms with Crippen molar-refractivity contribution in [1.82, 2.24) is 5.48 Å². The van der Waals surface area contributed by atoms with Gasteiger partial charge in [0.15, 0.2) is 0 Å². The molecule has 1 unspecified atom stereocenters. The number of hydrogen-bond donors (Lipinski definition) is 1. The van der Waals surface area contributed by atoms with E-state index in [0.717, 1.165) is 12.0 Å². The van der Waals surface area contributed by atoms with Crippen LogP contribution >= 0.6 is 0 Å². The van der Waals surface area contributed by atoms with E-state index in [1.54, 1.807) is 12.1 Å². The Labute approximate surface area is 84.0 Å². The molecule has 0 spiro atoms. The molecule has 78 valence electrons. The molecule has 1 aromatic carbocycles. The Kier molecular flexibility index (Phi) is 4.56. The number of rotatable bonds is 5. The average Bonchev–Trinajstić information content (AvgIpc) is 2.21. The Morgan fingerprint density at radius 3 is 2.43 bits per heavy atom. The molecule has 0 saturated heterocycles. The SMILES string of the molecule is CCONC(CC)c1ccc(F)cc1. The maximum Gasteiger partial charge on any atom is 0.123 e. The fourth-order valence-electron chi connectivity index (χ4n) is 1.27. The van der Waals surface area contributed by atoms with Gasteiger partial charge < -0.3 is 4.84 Å². The van der Waals surface area contributed by atoms with Crippen LogP contribution in [0.5, 0.6) is 0 Å². The lowest BCUT2D eigenvalue weighted by Crippen LogP contribution is -2.20. The molecule has 14 heavy (non-hydrogen) atoms. The Balaban J connectivity index is 2.64. The minimum absolute atomic E-state index is 0.135. The lowest BCUT2D eigenvalue weighted by Gasteiger charge is -2.16. The molecule has 1 N–H and O–H groups in total. The van der Waals surface area contributed by atoms with E-state index in [1.165, 1.54) is 12.1 Å². The summed E-state index contributed by atoms with van der Waals surface area (Å²) in [4.78, 5) is 5.13. The fraction of sp³-hybridized carbons (Fsp3) is 0.455. The minimum atomic E-state index is -0.208. The third kappa shape index (κ3) is 3.09. The molecule has 0 saturated carbocycles. The molecule has 3 heteroatoms. The van der Waals surface area contributed by atoms with E-state index < -0.39 is 0 Å². The second-order valence-corrected chi connectivity index (χ2v) is 3.06. The molecule has 0 radical (unpaired) electrons. The minimum Gasteiger partial charge on any atom is -0.302 e. The van der Waals surface area contributed by atoms with Gasteiger partial charge in [0.05, 0.1) is 12.6 Å². The molecule has 0 bridgehead atoms. The molecule has 0 fully saturated rings. The van der Waals surface area contributed by atoms with Crippen molar-refractivity contribution in [3.63, 3.8) is 0 Å². The number of hydrogen-bond acceptors (Lipinski definition) is 2. The van der Waals surface area contributed by atoms with E-state index in [-0.39, 0.29) is 11.9 Å². The van der Waals surface area contributed by atoms with E-state index >= 15 is 0 Å². The van der Waals surface area contributed by atoms with Crippen molar-refractivity contribution in [3.05, 3.63) is 35.6 Å². The number of benzene rings is 1. The highest BCUT2D eigenvalue weighted by Gasteiger charge is 2.07. The third-order valence-corrected chi connectivity index (χ3v) is 2.05. The Bertz CT molecular complexity index is 260. The van der Waals surface area contributed by atoms with Crippen molar-refractivity contribution in [2.24, 2.45) is 0 Å². The maximum absolute atomic E-state index is 12.7. The van der Waals surface area contributed by atoms with E-state index in [0.29, 0.717) is 6.61 Å². The van der Waals surface area contributed by atoms with Crippen LogP contribution in [0.2, 0.25) is 0 Å². The second kappa shape index (κ2) is 5.73. The van der Waals surface area contributed by atoms with Crippen LogP contribution in [0.4, 0.5) is 4.39 Å².